The fraction of sp³-hybridized carbons (Fsp3) is 0.296. The monoisotopic (exact) mass is 479 g/mol. The summed E-state index contributed by atoms with van der Waals surface area (Å²) in [6.45, 7) is 4.00. The summed E-state index contributed by atoms with van der Waals surface area (Å²) in [5, 5.41) is 13.5. The highest BCUT2D eigenvalue weighted by Crippen LogP contribution is 2.49. The van der Waals surface area contributed by atoms with Crippen molar-refractivity contribution in [2.75, 3.05) is 29.0 Å². The van der Waals surface area contributed by atoms with E-state index in [0.717, 1.165) is 16.9 Å². The van der Waals surface area contributed by atoms with Crippen molar-refractivity contribution < 1.29 is 14.7 Å². The number of aliphatic hydroxyl groups excluding tert-OH is 1. The number of aliphatic hydroxyl groups is 1. The van der Waals surface area contributed by atoms with Gasteiger partial charge in [-0.2, -0.15) is 0 Å². The Morgan fingerprint density at radius 2 is 1.50 bits per heavy atom. The summed E-state index contributed by atoms with van der Waals surface area (Å²) in [6.07, 6.45) is -1.78. The van der Waals surface area contributed by atoms with Crippen LogP contribution in [0.25, 0.3) is 0 Å². The standard InChI is InChI=1S/C25H24ClN3O3.C2H6/c1-27(2)18-12-8-16(9-13-18)22-21-23(32-29(22)20-14-10-17(26)11-15-20)25(31)28(24(21)30)19-6-4-3-5-7-19;1-2/h3-15,21-23,25,31H,1-2H3;1-2H3. The lowest BCUT2D eigenvalue weighted by atomic mass is 9.90. The van der Waals surface area contributed by atoms with Crippen LogP contribution < -0.4 is 14.9 Å². The molecular formula is C27H30ClN3O3. The third-order valence-corrected chi connectivity index (χ3v) is 6.38. The van der Waals surface area contributed by atoms with E-state index in [4.69, 9.17) is 16.4 Å². The molecule has 5 rings (SSSR count). The molecule has 2 fully saturated rings. The van der Waals surface area contributed by atoms with Crippen molar-refractivity contribution in [2.24, 2.45) is 5.92 Å². The summed E-state index contributed by atoms with van der Waals surface area (Å²) in [4.78, 5) is 23.3. The SMILES string of the molecule is CC.CN(C)c1ccc(C2C3C(=O)N(c4ccccc4)C(O)C3ON2c2ccc(Cl)cc2)cc1. The number of nitrogens with zero attached hydrogens (tertiary/aromatic N) is 3. The average molecular weight is 480 g/mol. The molecule has 1 amide bonds. The quantitative estimate of drug-likeness (QED) is 0.552. The predicted molar refractivity (Wildman–Crippen MR) is 137 cm³/mol. The maximum Gasteiger partial charge on any atom is 0.237 e. The van der Waals surface area contributed by atoms with Gasteiger partial charge in [-0.1, -0.05) is 55.8 Å². The zero-order chi connectivity index (χ0) is 24.4. The van der Waals surface area contributed by atoms with E-state index in [2.05, 4.69) is 0 Å². The van der Waals surface area contributed by atoms with Crippen molar-refractivity contribution in [3.05, 3.63) is 89.4 Å². The first kappa shape index (κ1) is 24.1. The molecule has 2 heterocycles. The summed E-state index contributed by atoms with van der Waals surface area (Å²) in [5.41, 5.74) is 3.43. The number of hydroxylamine groups is 1. The zero-order valence-electron chi connectivity index (χ0n) is 19.8. The number of hydrogen-bond acceptors (Lipinski definition) is 5. The number of anilines is 3. The van der Waals surface area contributed by atoms with E-state index in [0.29, 0.717) is 10.7 Å². The Bertz CT molecular complexity index is 1110. The van der Waals surface area contributed by atoms with Crippen LogP contribution in [0.15, 0.2) is 78.9 Å². The van der Waals surface area contributed by atoms with E-state index in [1.54, 1.807) is 17.2 Å². The largest absolute Gasteiger partial charge is 0.378 e. The summed E-state index contributed by atoms with van der Waals surface area (Å²) in [6, 6.07) is 24.2. The molecule has 0 saturated carbocycles. The van der Waals surface area contributed by atoms with Crippen molar-refractivity contribution >= 4 is 34.6 Å². The van der Waals surface area contributed by atoms with Gasteiger partial charge in [0.15, 0.2) is 6.23 Å². The molecule has 4 atom stereocenters. The van der Waals surface area contributed by atoms with Crippen molar-refractivity contribution in [2.45, 2.75) is 32.2 Å². The third-order valence-electron chi connectivity index (χ3n) is 6.13. The van der Waals surface area contributed by atoms with E-state index in [-0.39, 0.29) is 5.91 Å². The van der Waals surface area contributed by atoms with Gasteiger partial charge >= 0.3 is 0 Å². The number of benzene rings is 3. The van der Waals surface area contributed by atoms with Crippen molar-refractivity contribution in [3.8, 4) is 0 Å². The fourth-order valence-electron chi connectivity index (χ4n) is 4.53. The fourth-order valence-corrected chi connectivity index (χ4v) is 4.66. The predicted octanol–water partition coefficient (Wildman–Crippen LogP) is 5.28. The molecule has 2 aliphatic heterocycles. The molecular weight excluding hydrogens is 450 g/mol. The number of rotatable bonds is 4. The molecule has 7 heteroatoms. The molecule has 0 aromatic heterocycles. The van der Waals surface area contributed by atoms with Crippen LogP contribution in [0.3, 0.4) is 0 Å². The van der Waals surface area contributed by atoms with E-state index in [1.807, 2.05) is 99.6 Å². The summed E-state index contributed by atoms with van der Waals surface area (Å²) < 4.78 is 0. The number of hydrogen-bond donors (Lipinski definition) is 1. The summed E-state index contributed by atoms with van der Waals surface area (Å²) in [5.74, 6) is -0.724. The number of carbonyl (C=O) groups is 1. The highest BCUT2D eigenvalue weighted by atomic mass is 35.5. The molecule has 0 spiro atoms. The second kappa shape index (κ2) is 10.1. The number of fused-ring (bicyclic) bond motifs is 1. The molecule has 4 unspecified atom stereocenters. The minimum absolute atomic E-state index is 0.160. The molecule has 2 aliphatic rings. The Labute approximate surface area is 205 Å². The minimum Gasteiger partial charge on any atom is -0.378 e. The Morgan fingerprint density at radius 1 is 0.882 bits per heavy atom. The maximum atomic E-state index is 13.6. The van der Waals surface area contributed by atoms with Crippen LogP contribution in [0.2, 0.25) is 5.02 Å². The van der Waals surface area contributed by atoms with Crippen molar-refractivity contribution in [1.29, 1.82) is 0 Å². The van der Waals surface area contributed by atoms with Gasteiger partial charge in [0, 0.05) is 30.5 Å². The molecule has 6 nitrogen and oxygen atoms in total. The topological polar surface area (TPSA) is 56.3 Å². The lowest BCUT2D eigenvalue weighted by molar-refractivity contribution is -0.121. The number of carbonyl (C=O) groups excluding carboxylic acids is 1. The molecule has 3 aromatic carbocycles. The molecule has 0 radical (unpaired) electrons. The first-order chi connectivity index (χ1) is 16.5. The zero-order valence-corrected chi connectivity index (χ0v) is 20.6. The Morgan fingerprint density at radius 3 is 2.09 bits per heavy atom. The second-order valence-corrected chi connectivity index (χ2v) is 8.72. The van der Waals surface area contributed by atoms with Crippen molar-refractivity contribution in [3.63, 3.8) is 0 Å². The second-order valence-electron chi connectivity index (χ2n) is 8.29. The highest BCUT2D eigenvalue weighted by molar-refractivity contribution is 6.30. The lowest BCUT2D eigenvalue weighted by Crippen LogP contribution is -2.40. The first-order valence-electron chi connectivity index (χ1n) is 11.5. The maximum absolute atomic E-state index is 13.6. The van der Waals surface area contributed by atoms with E-state index in [9.17, 15) is 9.90 Å². The van der Waals surface area contributed by atoms with Crippen LogP contribution >= 0.6 is 11.6 Å². The summed E-state index contributed by atoms with van der Waals surface area (Å²) in [7, 11) is 3.97. The molecule has 1 N–H and O–H groups in total. The van der Waals surface area contributed by atoms with Gasteiger partial charge in [0.2, 0.25) is 5.91 Å². The van der Waals surface area contributed by atoms with Crippen LogP contribution in [-0.2, 0) is 9.63 Å². The molecule has 0 aliphatic carbocycles. The smallest absolute Gasteiger partial charge is 0.237 e. The van der Waals surface area contributed by atoms with E-state index >= 15 is 0 Å². The van der Waals surface area contributed by atoms with Crippen LogP contribution in [0.5, 0.6) is 0 Å². The van der Waals surface area contributed by atoms with Gasteiger partial charge < -0.3 is 10.0 Å². The third kappa shape index (κ3) is 4.25. The van der Waals surface area contributed by atoms with Crippen molar-refractivity contribution in [1.82, 2.24) is 0 Å². The molecule has 0 bridgehead atoms. The first-order valence-corrected chi connectivity index (χ1v) is 11.9. The number of halogens is 1. The number of amides is 1. The van der Waals surface area contributed by atoms with Crippen LogP contribution in [0.4, 0.5) is 17.1 Å². The Hall–Kier alpha value is -3.06. The van der Waals surface area contributed by atoms with Gasteiger partial charge in [0.1, 0.15) is 6.10 Å². The Balaban J connectivity index is 0.00000133. The highest BCUT2D eigenvalue weighted by Gasteiger charge is 2.59. The van der Waals surface area contributed by atoms with Crippen LogP contribution in [0.1, 0.15) is 25.5 Å². The molecule has 3 aromatic rings. The van der Waals surface area contributed by atoms with E-state index in [1.165, 1.54) is 4.90 Å². The van der Waals surface area contributed by atoms with Gasteiger partial charge in [-0.25, -0.2) is 5.06 Å². The van der Waals surface area contributed by atoms with Gasteiger partial charge in [-0.15, -0.1) is 0 Å². The normalized spacial score (nSPS) is 23.4. The lowest BCUT2D eigenvalue weighted by Gasteiger charge is -2.30. The minimum atomic E-state index is -1.09. The Kier molecular flexibility index (Phi) is 7.12. The molecule has 178 valence electrons. The number of para-hydroxylation sites is 1. The van der Waals surface area contributed by atoms with Gasteiger partial charge in [-0.3, -0.25) is 14.5 Å². The molecule has 34 heavy (non-hydrogen) atoms. The van der Waals surface area contributed by atoms with Crippen LogP contribution in [0, 0.1) is 5.92 Å². The van der Waals surface area contributed by atoms with Gasteiger partial charge in [0.05, 0.1) is 17.6 Å². The average Bonchev–Trinajstić information content (AvgIpc) is 3.37. The van der Waals surface area contributed by atoms with Gasteiger partial charge in [0.25, 0.3) is 0 Å². The molecule has 2 saturated heterocycles. The van der Waals surface area contributed by atoms with Crippen LogP contribution in [-0.4, -0.2) is 37.4 Å². The van der Waals surface area contributed by atoms with E-state index < -0.39 is 24.3 Å². The van der Waals surface area contributed by atoms with Gasteiger partial charge in [-0.05, 0) is 54.1 Å². The summed E-state index contributed by atoms with van der Waals surface area (Å²) >= 11 is 6.08.